The minimum Gasteiger partial charge on any atom is -0.481 e. The lowest BCUT2D eigenvalue weighted by Gasteiger charge is -2.20. The number of aliphatic carboxylic acids is 1. The van der Waals surface area contributed by atoms with Gasteiger partial charge in [-0.25, -0.2) is 8.42 Å². The highest BCUT2D eigenvalue weighted by atomic mass is 32.2. The number of hydrogen-bond acceptors (Lipinski definition) is 3. The van der Waals surface area contributed by atoms with Crippen molar-refractivity contribution in [2.45, 2.75) is 24.2 Å². The first-order chi connectivity index (χ1) is 10.9. The van der Waals surface area contributed by atoms with Gasteiger partial charge in [-0.05, 0) is 35.7 Å². The monoisotopic (exact) mass is 331 g/mol. The smallest absolute Gasteiger partial charge is 0.312 e. The first-order valence-electron chi connectivity index (χ1n) is 7.38. The first-order valence-corrected chi connectivity index (χ1v) is 8.82. The van der Waals surface area contributed by atoms with E-state index in [4.69, 9.17) is 0 Å². The second-order valence-corrected chi connectivity index (χ2v) is 7.35. The molecule has 0 radical (unpaired) electrons. The number of benzene rings is 2. The molecule has 0 aromatic heterocycles. The molecule has 0 saturated carbocycles. The Bertz CT molecular complexity index is 860. The second-order valence-electron chi connectivity index (χ2n) is 5.49. The van der Waals surface area contributed by atoms with E-state index in [9.17, 15) is 18.3 Å². The van der Waals surface area contributed by atoms with E-state index in [2.05, 4.69) is 0 Å². The molecule has 2 aromatic carbocycles. The topological polar surface area (TPSA) is 74.7 Å². The fourth-order valence-electron chi connectivity index (χ4n) is 2.86. The molecule has 1 aliphatic rings. The van der Waals surface area contributed by atoms with Crippen LogP contribution in [0, 0.1) is 0 Å². The molecule has 0 saturated heterocycles. The normalized spacial score (nSPS) is 17.1. The van der Waals surface area contributed by atoms with E-state index in [-0.39, 0.29) is 11.4 Å². The van der Waals surface area contributed by atoms with E-state index in [0.717, 1.165) is 12.0 Å². The van der Waals surface area contributed by atoms with Crippen LogP contribution in [0.5, 0.6) is 0 Å². The van der Waals surface area contributed by atoms with Crippen molar-refractivity contribution in [1.82, 2.24) is 0 Å². The summed E-state index contributed by atoms with van der Waals surface area (Å²) in [5.41, 5.74) is 1.91. The van der Waals surface area contributed by atoms with Crippen LogP contribution >= 0.6 is 0 Å². The highest BCUT2D eigenvalue weighted by Crippen LogP contribution is 2.39. The third kappa shape index (κ3) is 2.59. The summed E-state index contributed by atoms with van der Waals surface area (Å²) in [6.07, 6.45) is 0.734. The SMILES string of the molecule is CCc1cccc(S(=O)(=O)N2CC(C(=O)O)c3ccccc32)c1. The van der Waals surface area contributed by atoms with Gasteiger partial charge in [-0.1, -0.05) is 37.3 Å². The van der Waals surface area contributed by atoms with Crippen molar-refractivity contribution in [2.24, 2.45) is 0 Å². The van der Waals surface area contributed by atoms with Crippen molar-refractivity contribution in [2.75, 3.05) is 10.8 Å². The fourth-order valence-corrected chi connectivity index (χ4v) is 4.44. The number of rotatable bonds is 4. The number of hydrogen-bond donors (Lipinski definition) is 1. The molecule has 5 nitrogen and oxygen atoms in total. The zero-order valence-electron chi connectivity index (χ0n) is 12.6. The maximum Gasteiger partial charge on any atom is 0.312 e. The predicted molar refractivity (Wildman–Crippen MR) is 87.2 cm³/mol. The number of fused-ring (bicyclic) bond motifs is 1. The summed E-state index contributed by atoms with van der Waals surface area (Å²) < 4.78 is 27.1. The average molecular weight is 331 g/mol. The summed E-state index contributed by atoms with van der Waals surface area (Å²) in [6.45, 7) is 1.88. The lowest BCUT2D eigenvalue weighted by atomic mass is 10.0. The van der Waals surface area contributed by atoms with Crippen LogP contribution in [0.15, 0.2) is 53.4 Å². The zero-order valence-corrected chi connectivity index (χ0v) is 13.5. The molecule has 0 spiro atoms. The van der Waals surface area contributed by atoms with Crippen molar-refractivity contribution >= 4 is 21.7 Å². The van der Waals surface area contributed by atoms with Crippen molar-refractivity contribution in [1.29, 1.82) is 0 Å². The predicted octanol–water partition coefficient (Wildman–Crippen LogP) is 2.63. The molecule has 1 heterocycles. The van der Waals surface area contributed by atoms with Gasteiger partial charge in [0.05, 0.1) is 17.1 Å². The number of nitrogens with zero attached hydrogens (tertiary/aromatic N) is 1. The van der Waals surface area contributed by atoms with Crippen LogP contribution < -0.4 is 4.31 Å². The Kier molecular flexibility index (Phi) is 3.85. The van der Waals surface area contributed by atoms with E-state index >= 15 is 0 Å². The van der Waals surface area contributed by atoms with Crippen molar-refractivity contribution in [3.05, 3.63) is 59.7 Å². The Balaban J connectivity index is 2.09. The van der Waals surface area contributed by atoms with Gasteiger partial charge in [-0.2, -0.15) is 0 Å². The summed E-state index contributed by atoms with van der Waals surface area (Å²) in [5, 5.41) is 9.37. The molecule has 120 valence electrons. The molecular formula is C17H17NO4S. The molecule has 0 amide bonds. The van der Waals surface area contributed by atoms with E-state index in [1.54, 1.807) is 42.5 Å². The third-order valence-electron chi connectivity index (χ3n) is 4.12. The molecular weight excluding hydrogens is 314 g/mol. The van der Waals surface area contributed by atoms with Crippen LogP contribution in [-0.2, 0) is 21.2 Å². The first kappa shape index (κ1) is 15.6. The van der Waals surface area contributed by atoms with Gasteiger partial charge in [0.1, 0.15) is 5.92 Å². The van der Waals surface area contributed by atoms with Crippen molar-refractivity contribution in [3.63, 3.8) is 0 Å². The van der Waals surface area contributed by atoms with Crippen LogP contribution in [0.4, 0.5) is 5.69 Å². The van der Waals surface area contributed by atoms with Gasteiger partial charge < -0.3 is 5.11 Å². The number of carbonyl (C=O) groups is 1. The molecule has 0 fully saturated rings. The quantitative estimate of drug-likeness (QED) is 0.934. The van der Waals surface area contributed by atoms with Gasteiger partial charge in [0.2, 0.25) is 0 Å². The van der Waals surface area contributed by atoms with Crippen molar-refractivity contribution in [3.8, 4) is 0 Å². The number of para-hydroxylation sites is 1. The fraction of sp³-hybridized carbons (Fsp3) is 0.235. The highest BCUT2D eigenvalue weighted by molar-refractivity contribution is 7.92. The molecule has 1 N–H and O–H groups in total. The molecule has 1 aliphatic heterocycles. The summed E-state index contributed by atoms with van der Waals surface area (Å²) in [5.74, 6) is -1.85. The molecule has 6 heteroatoms. The van der Waals surface area contributed by atoms with Crippen LogP contribution in [-0.4, -0.2) is 26.0 Å². The average Bonchev–Trinajstić information content (AvgIpc) is 2.95. The molecule has 2 aromatic rings. The van der Waals surface area contributed by atoms with Crippen LogP contribution in [0.2, 0.25) is 0 Å². The van der Waals surface area contributed by atoms with Gasteiger partial charge in [0.25, 0.3) is 10.0 Å². The van der Waals surface area contributed by atoms with E-state index in [1.807, 2.05) is 13.0 Å². The molecule has 1 unspecified atom stereocenters. The highest BCUT2D eigenvalue weighted by Gasteiger charge is 2.39. The van der Waals surface area contributed by atoms with Gasteiger partial charge in [-0.15, -0.1) is 0 Å². The molecule has 23 heavy (non-hydrogen) atoms. The Morgan fingerprint density at radius 2 is 1.96 bits per heavy atom. The number of carboxylic acid groups (broad SMARTS) is 1. The lowest BCUT2D eigenvalue weighted by Crippen LogP contribution is -2.31. The second kappa shape index (κ2) is 5.70. The molecule has 3 rings (SSSR count). The summed E-state index contributed by atoms with van der Waals surface area (Å²) in [7, 11) is -3.78. The van der Waals surface area contributed by atoms with E-state index in [1.165, 1.54) is 4.31 Å². The number of aryl methyl sites for hydroxylation is 1. The lowest BCUT2D eigenvalue weighted by molar-refractivity contribution is -0.138. The van der Waals surface area contributed by atoms with E-state index in [0.29, 0.717) is 11.3 Å². The molecule has 0 bridgehead atoms. The Morgan fingerprint density at radius 3 is 2.65 bits per heavy atom. The van der Waals surface area contributed by atoms with Gasteiger partial charge in [-0.3, -0.25) is 9.10 Å². The third-order valence-corrected chi connectivity index (χ3v) is 5.90. The summed E-state index contributed by atoms with van der Waals surface area (Å²) >= 11 is 0. The standard InChI is InChI=1S/C17H17NO4S/c1-2-12-6-5-7-13(10-12)23(21,22)18-11-15(17(19)20)14-8-3-4-9-16(14)18/h3-10,15H,2,11H2,1H3,(H,19,20). The van der Waals surface area contributed by atoms with Gasteiger partial charge in [0.15, 0.2) is 0 Å². The largest absolute Gasteiger partial charge is 0.481 e. The Morgan fingerprint density at radius 1 is 1.22 bits per heavy atom. The number of sulfonamides is 1. The number of carboxylic acids is 1. The minimum atomic E-state index is -3.78. The van der Waals surface area contributed by atoms with Crippen LogP contribution in [0.25, 0.3) is 0 Å². The van der Waals surface area contributed by atoms with Crippen molar-refractivity contribution < 1.29 is 18.3 Å². The molecule has 0 aliphatic carbocycles. The van der Waals surface area contributed by atoms with Gasteiger partial charge >= 0.3 is 5.97 Å². The number of anilines is 1. The van der Waals surface area contributed by atoms with Crippen LogP contribution in [0.1, 0.15) is 24.0 Å². The Labute approximate surface area is 135 Å². The van der Waals surface area contributed by atoms with Gasteiger partial charge in [0, 0.05) is 0 Å². The zero-order chi connectivity index (χ0) is 16.6. The summed E-state index contributed by atoms with van der Waals surface area (Å²) in [6, 6.07) is 13.5. The maximum atomic E-state index is 13.0. The molecule has 1 atom stereocenters. The minimum absolute atomic E-state index is 0.0760. The van der Waals surface area contributed by atoms with E-state index < -0.39 is 21.9 Å². The maximum absolute atomic E-state index is 13.0. The van der Waals surface area contributed by atoms with Crippen LogP contribution in [0.3, 0.4) is 0 Å². The summed E-state index contributed by atoms with van der Waals surface area (Å²) in [4.78, 5) is 11.6. The Hall–Kier alpha value is -2.34.